The highest BCUT2D eigenvalue weighted by Gasteiger charge is 2.26. The third kappa shape index (κ3) is 5.80. The molecule has 1 aliphatic carbocycles. The summed E-state index contributed by atoms with van der Waals surface area (Å²) < 4.78 is 34.9. The third-order valence-electron chi connectivity index (χ3n) is 1.80. The maximum absolute atomic E-state index is 11.6. The lowest BCUT2D eigenvalue weighted by molar-refractivity contribution is -0.127. The molecule has 0 atom stereocenters. The van der Waals surface area contributed by atoms with Gasteiger partial charge in [0.15, 0.2) is 0 Å². The molecule has 0 aromatic heterocycles. The van der Waals surface area contributed by atoms with Gasteiger partial charge in [-0.2, -0.15) is 13.2 Å². The zero-order valence-electron chi connectivity index (χ0n) is 7.66. The lowest BCUT2D eigenvalue weighted by Crippen LogP contribution is -2.33. The second-order valence-corrected chi connectivity index (χ2v) is 3.38. The van der Waals surface area contributed by atoms with E-state index in [0.717, 1.165) is 12.8 Å². The van der Waals surface area contributed by atoms with Crippen molar-refractivity contribution in [2.24, 2.45) is 0 Å². The van der Waals surface area contributed by atoms with E-state index >= 15 is 0 Å². The van der Waals surface area contributed by atoms with Crippen LogP contribution in [0.3, 0.4) is 0 Å². The molecule has 0 aliphatic heterocycles. The van der Waals surface area contributed by atoms with E-state index in [-0.39, 0.29) is 24.9 Å². The van der Waals surface area contributed by atoms with E-state index in [1.807, 2.05) is 0 Å². The van der Waals surface area contributed by atoms with Crippen molar-refractivity contribution < 1.29 is 18.0 Å². The van der Waals surface area contributed by atoms with Crippen LogP contribution in [-0.2, 0) is 4.79 Å². The first-order chi connectivity index (χ1) is 6.47. The first-order valence-corrected chi connectivity index (χ1v) is 4.54. The van der Waals surface area contributed by atoms with Crippen LogP contribution < -0.4 is 10.6 Å². The van der Waals surface area contributed by atoms with Crippen molar-refractivity contribution in [2.75, 3.05) is 13.1 Å². The number of hydrogen-bond acceptors (Lipinski definition) is 2. The van der Waals surface area contributed by atoms with E-state index in [0.29, 0.717) is 0 Å². The van der Waals surface area contributed by atoms with Gasteiger partial charge in [-0.25, -0.2) is 0 Å². The molecule has 1 amide bonds. The van der Waals surface area contributed by atoms with Gasteiger partial charge in [0.05, 0.1) is 6.54 Å². The quantitative estimate of drug-likeness (QED) is 0.659. The van der Waals surface area contributed by atoms with Gasteiger partial charge in [-0.3, -0.25) is 4.79 Å². The van der Waals surface area contributed by atoms with Crippen molar-refractivity contribution in [1.29, 1.82) is 0 Å². The summed E-state index contributed by atoms with van der Waals surface area (Å²) in [6.07, 6.45) is -2.12. The van der Waals surface area contributed by atoms with Gasteiger partial charge >= 0.3 is 6.18 Å². The molecule has 6 heteroatoms. The molecule has 1 fully saturated rings. The molecule has 0 bridgehead atoms. The number of carbonyl (C=O) groups excluding carboxylic acids is 1. The average molecular weight is 210 g/mol. The SMILES string of the molecule is O=C(CCNCC(F)(F)F)NC1CC1. The van der Waals surface area contributed by atoms with Crippen LogP contribution in [0.2, 0.25) is 0 Å². The number of hydrogen-bond donors (Lipinski definition) is 2. The number of amides is 1. The van der Waals surface area contributed by atoms with E-state index in [9.17, 15) is 18.0 Å². The van der Waals surface area contributed by atoms with Gasteiger partial charge in [-0.15, -0.1) is 0 Å². The van der Waals surface area contributed by atoms with Crippen LogP contribution in [0.1, 0.15) is 19.3 Å². The van der Waals surface area contributed by atoms with E-state index in [1.54, 1.807) is 0 Å². The number of alkyl halides is 3. The van der Waals surface area contributed by atoms with Crippen molar-refractivity contribution in [1.82, 2.24) is 10.6 Å². The van der Waals surface area contributed by atoms with Gasteiger partial charge in [0.25, 0.3) is 0 Å². The summed E-state index contributed by atoms with van der Waals surface area (Å²) in [6, 6.07) is 0.269. The molecule has 0 aromatic rings. The predicted molar refractivity (Wildman–Crippen MR) is 44.7 cm³/mol. The Morgan fingerprint density at radius 3 is 2.50 bits per heavy atom. The van der Waals surface area contributed by atoms with E-state index in [1.165, 1.54) is 0 Å². The summed E-state index contributed by atoms with van der Waals surface area (Å²) >= 11 is 0. The van der Waals surface area contributed by atoms with Crippen LogP contribution in [0.5, 0.6) is 0 Å². The van der Waals surface area contributed by atoms with Crippen molar-refractivity contribution in [3.8, 4) is 0 Å². The van der Waals surface area contributed by atoms with Crippen LogP contribution in [0, 0.1) is 0 Å². The minimum absolute atomic E-state index is 0.0675. The Morgan fingerprint density at radius 1 is 1.36 bits per heavy atom. The highest BCUT2D eigenvalue weighted by Crippen LogP contribution is 2.18. The molecule has 0 aromatic carbocycles. The largest absolute Gasteiger partial charge is 0.401 e. The van der Waals surface area contributed by atoms with Crippen molar-refractivity contribution in [2.45, 2.75) is 31.5 Å². The van der Waals surface area contributed by atoms with Crippen molar-refractivity contribution in [3.05, 3.63) is 0 Å². The lowest BCUT2D eigenvalue weighted by Gasteiger charge is -2.07. The minimum Gasteiger partial charge on any atom is -0.353 e. The lowest BCUT2D eigenvalue weighted by atomic mass is 10.4. The Bertz CT molecular complexity index is 201. The summed E-state index contributed by atoms with van der Waals surface area (Å²) in [6.45, 7) is -0.970. The zero-order chi connectivity index (χ0) is 10.6. The fourth-order valence-electron chi connectivity index (χ4n) is 0.960. The smallest absolute Gasteiger partial charge is 0.353 e. The molecular formula is C8H13F3N2O. The van der Waals surface area contributed by atoms with Crippen LogP contribution in [0.25, 0.3) is 0 Å². The molecule has 1 aliphatic rings. The van der Waals surface area contributed by atoms with Gasteiger partial charge in [0, 0.05) is 19.0 Å². The molecule has 2 N–H and O–H groups in total. The van der Waals surface area contributed by atoms with Gasteiger partial charge in [-0.05, 0) is 12.8 Å². The Hall–Kier alpha value is -0.780. The highest BCUT2D eigenvalue weighted by atomic mass is 19.4. The number of rotatable bonds is 5. The van der Waals surface area contributed by atoms with Gasteiger partial charge in [-0.1, -0.05) is 0 Å². The molecular weight excluding hydrogens is 197 g/mol. The molecule has 3 nitrogen and oxygen atoms in total. The topological polar surface area (TPSA) is 41.1 Å². The summed E-state index contributed by atoms with van der Waals surface area (Å²) in [7, 11) is 0. The molecule has 0 unspecified atom stereocenters. The summed E-state index contributed by atoms with van der Waals surface area (Å²) in [5.74, 6) is -0.179. The molecule has 0 spiro atoms. The number of carbonyl (C=O) groups is 1. The van der Waals surface area contributed by atoms with Crippen LogP contribution in [0.15, 0.2) is 0 Å². The fraction of sp³-hybridized carbons (Fsp3) is 0.875. The average Bonchev–Trinajstić information content (AvgIpc) is 2.80. The normalized spacial score (nSPS) is 16.8. The Balaban J connectivity index is 1.94. The maximum atomic E-state index is 11.6. The second-order valence-electron chi connectivity index (χ2n) is 3.38. The second kappa shape index (κ2) is 4.63. The predicted octanol–water partition coefficient (Wildman–Crippen LogP) is 0.807. The van der Waals surface area contributed by atoms with Crippen LogP contribution >= 0.6 is 0 Å². The molecule has 1 saturated carbocycles. The maximum Gasteiger partial charge on any atom is 0.401 e. The Morgan fingerprint density at radius 2 is 2.00 bits per heavy atom. The third-order valence-corrected chi connectivity index (χ3v) is 1.80. The van der Waals surface area contributed by atoms with Crippen LogP contribution in [0.4, 0.5) is 13.2 Å². The zero-order valence-corrected chi connectivity index (χ0v) is 7.66. The summed E-state index contributed by atoms with van der Waals surface area (Å²) in [5, 5.41) is 4.86. The highest BCUT2D eigenvalue weighted by molar-refractivity contribution is 5.76. The molecule has 0 radical (unpaired) electrons. The van der Waals surface area contributed by atoms with Crippen molar-refractivity contribution in [3.63, 3.8) is 0 Å². The van der Waals surface area contributed by atoms with Gasteiger partial charge < -0.3 is 10.6 Å². The number of nitrogens with one attached hydrogen (secondary N) is 2. The molecule has 0 saturated heterocycles. The van der Waals surface area contributed by atoms with E-state index < -0.39 is 12.7 Å². The Labute approximate surface area is 80.0 Å². The van der Waals surface area contributed by atoms with Gasteiger partial charge in [0.1, 0.15) is 0 Å². The van der Waals surface area contributed by atoms with Gasteiger partial charge in [0.2, 0.25) is 5.91 Å². The first kappa shape index (κ1) is 11.3. The molecule has 14 heavy (non-hydrogen) atoms. The van der Waals surface area contributed by atoms with Crippen molar-refractivity contribution >= 4 is 5.91 Å². The monoisotopic (exact) mass is 210 g/mol. The summed E-state index contributed by atoms with van der Waals surface area (Å²) in [5.41, 5.74) is 0. The minimum atomic E-state index is -4.20. The molecule has 0 heterocycles. The summed E-state index contributed by atoms with van der Waals surface area (Å²) in [4.78, 5) is 11.0. The van der Waals surface area contributed by atoms with E-state index in [4.69, 9.17) is 0 Å². The van der Waals surface area contributed by atoms with Crippen LogP contribution in [-0.4, -0.2) is 31.2 Å². The molecule has 1 rings (SSSR count). The Kier molecular flexibility index (Phi) is 3.74. The fourth-order valence-corrected chi connectivity index (χ4v) is 0.960. The molecule has 82 valence electrons. The van der Waals surface area contributed by atoms with E-state index in [2.05, 4.69) is 10.6 Å². The first-order valence-electron chi connectivity index (χ1n) is 4.54. The number of halogens is 3. The standard InChI is InChI=1S/C8H13F3N2O/c9-8(10,11)5-12-4-3-7(14)13-6-1-2-6/h6,12H,1-5H2,(H,13,14).